The largest absolute Gasteiger partial charge is 0.448 e. The van der Waals surface area contributed by atoms with Crippen molar-refractivity contribution in [2.75, 3.05) is 58.3 Å². The van der Waals surface area contributed by atoms with Crippen LogP contribution in [0.1, 0.15) is 31.2 Å². The first-order valence-corrected chi connectivity index (χ1v) is 14.7. The predicted octanol–water partition coefficient (Wildman–Crippen LogP) is 2.44. The number of nitrogens with one attached hydrogen (secondary N) is 1. The van der Waals surface area contributed by atoms with Gasteiger partial charge in [0.25, 0.3) is 6.43 Å². The first-order valence-electron chi connectivity index (χ1n) is 12.4. The molecule has 3 aromatic rings. The van der Waals surface area contributed by atoms with Crippen LogP contribution in [0.3, 0.4) is 0 Å². The van der Waals surface area contributed by atoms with Crippen LogP contribution in [0, 0.1) is 0 Å². The van der Waals surface area contributed by atoms with Gasteiger partial charge in [0.15, 0.2) is 15.8 Å². The third-order valence-corrected chi connectivity index (χ3v) is 9.28. The maximum absolute atomic E-state index is 13.4. The molecule has 5 rings (SSSR count). The molecule has 2 aliphatic rings. The van der Waals surface area contributed by atoms with Crippen molar-refractivity contribution in [1.29, 1.82) is 0 Å². The van der Waals surface area contributed by atoms with Crippen molar-refractivity contribution >= 4 is 38.7 Å². The third kappa shape index (κ3) is 5.97. The summed E-state index contributed by atoms with van der Waals surface area (Å²) in [7, 11) is -0.110. The zero-order valence-corrected chi connectivity index (χ0v) is 23.4. The quantitative estimate of drug-likeness (QED) is 0.404. The summed E-state index contributed by atoms with van der Waals surface area (Å²) in [6.07, 6.45) is 1.30. The second-order valence-corrected chi connectivity index (χ2v) is 12.9. The van der Waals surface area contributed by atoms with Crippen molar-refractivity contribution in [3.63, 3.8) is 0 Å². The summed E-state index contributed by atoms with van der Waals surface area (Å²) in [5.41, 5.74) is 0.685. The Morgan fingerprint density at radius 2 is 1.95 bits per heavy atom. The second kappa shape index (κ2) is 10.6. The first-order chi connectivity index (χ1) is 18.5. The van der Waals surface area contributed by atoms with Crippen molar-refractivity contribution in [2.45, 2.75) is 36.6 Å². The van der Waals surface area contributed by atoms with Gasteiger partial charge in [-0.1, -0.05) is 11.3 Å². The highest BCUT2D eigenvalue weighted by Gasteiger charge is 2.41. The van der Waals surface area contributed by atoms with Crippen LogP contribution in [0.15, 0.2) is 23.4 Å². The average Bonchev–Trinajstić information content (AvgIpc) is 3.25. The van der Waals surface area contributed by atoms with E-state index in [1.807, 2.05) is 30.8 Å². The standard InChI is InChI=1S/C23H30F2N8O4S2/c1-23(4-5-23)29-39(35,36)15-12-16(31-6-8-32(9-7-31)22(34)37-11-10-30(2)3)17-13-26-19(33(17)14-15)21-28-27-20(38-21)18(24)25/h12-14,18,29H,4-11H2,1-3H3. The summed E-state index contributed by atoms with van der Waals surface area (Å²) < 4.78 is 62.7. The number of halogens is 2. The van der Waals surface area contributed by atoms with E-state index in [0.717, 1.165) is 12.8 Å². The van der Waals surface area contributed by atoms with Gasteiger partial charge < -0.3 is 19.4 Å². The molecule has 1 aliphatic heterocycles. The molecule has 0 aromatic carbocycles. The van der Waals surface area contributed by atoms with Gasteiger partial charge in [-0.05, 0) is 39.9 Å². The Balaban J connectivity index is 1.46. The molecule has 1 amide bonds. The van der Waals surface area contributed by atoms with E-state index >= 15 is 0 Å². The number of piperazine rings is 1. The van der Waals surface area contributed by atoms with Crippen molar-refractivity contribution < 1.29 is 26.7 Å². The van der Waals surface area contributed by atoms with Gasteiger partial charge in [-0.2, -0.15) is 0 Å². The minimum atomic E-state index is -3.90. The molecule has 3 aromatic heterocycles. The Morgan fingerprint density at radius 1 is 1.23 bits per heavy atom. The number of likely N-dealkylation sites (N-methyl/N-ethyl adjacent to an activating group) is 1. The number of aromatic nitrogens is 4. The molecule has 4 heterocycles. The zero-order chi connectivity index (χ0) is 27.9. The van der Waals surface area contributed by atoms with Gasteiger partial charge in [-0.3, -0.25) is 4.40 Å². The number of pyridine rings is 1. The number of sulfonamides is 1. The van der Waals surface area contributed by atoms with Gasteiger partial charge in [-0.25, -0.2) is 31.7 Å². The highest BCUT2D eigenvalue weighted by atomic mass is 32.2. The fraction of sp³-hybridized carbons (Fsp3) is 0.565. The average molecular weight is 585 g/mol. The lowest BCUT2D eigenvalue weighted by molar-refractivity contribution is 0.0941. The van der Waals surface area contributed by atoms with Gasteiger partial charge in [0.1, 0.15) is 11.5 Å². The van der Waals surface area contributed by atoms with Crippen LogP contribution in [-0.4, -0.2) is 103 Å². The highest BCUT2D eigenvalue weighted by Crippen LogP contribution is 2.37. The molecule has 1 saturated carbocycles. The Labute approximate surface area is 228 Å². The van der Waals surface area contributed by atoms with Crippen LogP contribution >= 0.6 is 11.3 Å². The maximum Gasteiger partial charge on any atom is 0.409 e. The number of alkyl halides is 2. The predicted molar refractivity (Wildman–Crippen MR) is 141 cm³/mol. The molecule has 0 bridgehead atoms. The van der Waals surface area contributed by atoms with Crippen LogP contribution in [0.2, 0.25) is 0 Å². The molecule has 39 heavy (non-hydrogen) atoms. The first kappa shape index (κ1) is 27.6. The smallest absolute Gasteiger partial charge is 0.409 e. The molecule has 0 spiro atoms. The molecule has 16 heteroatoms. The van der Waals surface area contributed by atoms with E-state index in [4.69, 9.17) is 4.74 Å². The van der Waals surface area contributed by atoms with Crippen LogP contribution in [-0.2, 0) is 14.8 Å². The number of ether oxygens (including phenoxy) is 1. The van der Waals surface area contributed by atoms with E-state index < -0.39 is 33.1 Å². The van der Waals surface area contributed by atoms with E-state index in [-0.39, 0.29) is 22.3 Å². The number of hydrogen-bond acceptors (Lipinski definition) is 10. The Hall–Kier alpha value is -2.95. The van der Waals surface area contributed by atoms with Gasteiger partial charge in [0, 0.05) is 44.5 Å². The van der Waals surface area contributed by atoms with Crippen molar-refractivity contribution in [1.82, 2.24) is 34.1 Å². The number of carbonyl (C=O) groups is 1. The number of rotatable bonds is 9. The van der Waals surface area contributed by atoms with Crippen LogP contribution in [0.25, 0.3) is 16.3 Å². The van der Waals surface area contributed by atoms with E-state index in [1.54, 1.807) is 21.6 Å². The van der Waals surface area contributed by atoms with Crippen LogP contribution in [0.4, 0.5) is 19.3 Å². The van der Waals surface area contributed by atoms with Crippen LogP contribution in [0.5, 0.6) is 0 Å². The van der Waals surface area contributed by atoms with Crippen molar-refractivity contribution in [3.05, 3.63) is 23.5 Å². The van der Waals surface area contributed by atoms with Crippen LogP contribution < -0.4 is 9.62 Å². The van der Waals surface area contributed by atoms with Crippen molar-refractivity contribution in [3.8, 4) is 10.8 Å². The second-order valence-electron chi connectivity index (χ2n) is 10.2. The summed E-state index contributed by atoms with van der Waals surface area (Å²) in [5, 5.41) is 7.12. The fourth-order valence-electron chi connectivity index (χ4n) is 4.24. The SMILES string of the molecule is CN(C)CCOC(=O)N1CCN(c2cc(S(=O)(=O)NC3(C)CC3)cn3c(-c4nnc(C(F)F)s4)ncc23)CC1. The molecule has 12 nitrogen and oxygen atoms in total. The molecule has 1 N–H and O–H groups in total. The normalized spacial score (nSPS) is 17.4. The van der Waals surface area contributed by atoms with Gasteiger partial charge >= 0.3 is 6.09 Å². The number of fused-ring (bicyclic) bond motifs is 1. The molecule has 1 saturated heterocycles. The molecule has 0 unspecified atom stereocenters. The number of amides is 1. The number of anilines is 1. The lowest BCUT2D eigenvalue weighted by atomic mass is 10.2. The Morgan fingerprint density at radius 3 is 2.56 bits per heavy atom. The number of carbonyl (C=O) groups excluding carboxylic acids is 1. The summed E-state index contributed by atoms with van der Waals surface area (Å²) in [5.74, 6) is 0.216. The summed E-state index contributed by atoms with van der Waals surface area (Å²) >= 11 is 0.705. The fourth-order valence-corrected chi connectivity index (χ4v) is 6.41. The van der Waals surface area contributed by atoms with Crippen molar-refractivity contribution in [2.24, 2.45) is 0 Å². The minimum Gasteiger partial charge on any atom is -0.448 e. The van der Waals surface area contributed by atoms with E-state index in [9.17, 15) is 22.0 Å². The highest BCUT2D eigenvalue weighted by molar-refractivity contribution is 7.89. The summed E-state index contributed by atoms with van der Waals surface area (Å²) in [6.45, 7) is 4.39. The molecule has 212 valence electrons. The zero-order valence-electron chi connectivity index (χ0n) is 21.8. The molecule has 0 radical (unpaired) electrons. The Bertz CT molecular complexity index is 1460. The molecular weight excluding hydrogens is 554 g/mol. The van der Waals surface area contributed by atoms with Gasteiger partial charge in [-0.15, -0.1) is 10.2 Å². The summed E-state index contributed by atoms with van der Waals surface area (Å²) in [4.78, 5) is 22.4. The van der Waals surface area contributed by atoms with E-state index in [2.05, 4.69) is 19.9 Å². The summed E-state index contributed by atoms with van der Waals surface area (Å²) in [6, 6.07) is 1.59. The third-order valence-electron chi connectivity index (χ3n) is 6.75. The molecule has 1 aliphatic carbocycles. The lowest BCUT2D eigenvalue weighted by Gasteiger charge is -2.36. The lowest BCUT2D eigenvalue weighted by Crippen LogP contribution is -2.49. The monoisotopic (exact) mass is 584 g/mol. The Kier molecular flexibility index (Phi) is 7.47. The maximum atomic E-state index is 13.4. The minimum absolute atomic E-state index is 0.0153. The molecule has 0 atom stereocenters. The van der Waals surface area contributed by atoms with Gasteiger partial charge in [0.2, 0.25) is 10.0 Å². The topological polar surface area (TPSA) is 125 Å². The number of imidazole rings is 1. The number of hydrogen-bond donors (Lipinski definition) is 1. The van der Waals surface area contributed by atoms with Gasteiger partial charge in [0.05, 0.1) is 17.4 Å². The van der Waals surface area contributed by atoms with E-state index in [1.165, 1.54) is 6.20 Å². The molecular formula is C23H30F2N8O4S2. The molecule has 2 fully saturated rings. The van der Waals surface area contributed by atoms with E-state index in [0.29, 0.717) is 55.3 Å². The number of nitrogens with zero attached hydrogens (tertiary/aromatic N) is 7.